The molecule has 0 radical (unpaired) electrons. The average molecular weight is 262 g/mol. The molecule has 0 aromatic rings. The number of hydrogen-bond acceptors (Lipinski definition) is 3. The van der Waals surface area contributed by atoms with Gasteiger partial charge in [-0.1, -0.05) is 52.9 Å². The van der Waals surface area contributed by atoms with Gasteiger partial charge in [0, 0.05) is 19.1 Å². The Morgan fingerprint density at radius 3 is 1.83 bits per heavy atom. The van der Waals surface area contributed by atoms with Crippen molar-refractivity contribution >= 4 is 0 Å². The molecule has 2 unspecified atom stereocenters. The first-order chi connectivity index (χ1) is 8.67. The first kappa shape index (κ1) is 20.2. The van der Waals surface area contributed by atoms with Gasteiger partial charge in [0.15, 0.2) is 0 Å². The molecule has 3 N–H and O–H groups in total. The van der Waals surface area contributed by atoms with Crippen molar-refractivity contribution in [1.29, 1.82) is 0 Å². The van der Waals surface area contributed by atoms with Crippen molar-refractivity contribution in [3.05, 3.63) is 0 Å². The van der Waals surface area contributed by atoms with Gasteiger partial charge in [0.05, 0.1) is 6.10 Å². The Morgan fingerprint density at radius 2 is 1.44 bits per heavy atom. The lowest BCUT2D eigenvalue weighted by Gasteiger charge is -2.17. The predicted octanol–water partition coefficient (Wildman–Crippen LogP) is 3.12. The van der Waals surface area contributed by atoms with E-state index in [1.807, 2.05) is 13.8 Å². The van der Waals surface area contributed by atoms with E-state index in [9.17, 15) is 5.11 Å². The summed E-state index contributed by atoms with van der Waals surface area (Å²) in [5.74, 6) is 0.0833. The molecule has 0 saturated carbocycles. The van der Waals surface area contributed by atoms with E-state index < -0.39 is 0 Å². The SMILES string of the molecule is CCCC(O)C(CC)CO.CCCCCCCO. The fourth-order valence-electron chi connectivity index (χ4n) is 1.77. The summed E-state index contributed by atoms with van der Waals surface area (Å²) < 4.78 is 0. The normalized spacial score (nSPS) is 13.7. The Balaban J connectivity index is 0. The van der Waals surface area contributed by atoms with Gasteiger partial charge in [-0.2, -0.15) is 0 Å². The van der Waals surface area contributed by atoms with Crippen LogP contribution in [0.4, 0.5) is 0 Å². The van der Waals surface area contributed by atoms with E-state index in [0.29, 0.717) is 6.61 Å². The molecule has 0 aromatic carbocycles. The first-order valence-electron chi connectivity index (χ1n) is 7.57. The molecule has 112 valence electrons. The van der Waals surface area contributed by atoms with Gasteiger partial charge >= 0.3 is 0 Å². The van der Waals surface area contributed by atoms with Crippen LogP contribution in [0.25, 0.3) is 0 Å². The molecule has 0 saturated heterocycles. The predicted molar refractivity (Wildman–Crippen MR) is 77.6 cm³/mol. The van der Waals surface area contributed by atoms with Crippen LogP contribution in [0.1, 0.15) is 72.1 Å². The van der Waals surface area contributed by atoms with Crippen molar-refractivity contribution in [3.63, 3.8) is 0 Å². The van der Waals surface area contributed by atoms with E-state index in [2.05, 4.69) is 6.92 Å². The maximum atomic E-state index is 9.35. The quantitative estimate of drug-likeness (QED) is 0.530. The number of aliphatic hydroxyl groups is 3. The van der Waals surface area contributed by atoms with Crippen LogP contribution in [0.3, 0.4) is 0 Å². The summed E-state index contributed by atoms with van der Waals surface area (Å²) in [4.78, 5) is 0. The molecule has 0 aliphatic heterocycles. The van der Waals surface area contributed by atoms with Gasteiger partial charge in [-0.3, -0.25) is 0 Å². The zero-order chi connectivity index (χ0) is 14.2. The van der Waals surface area contributed by atoms with E-state index in [-0.39, 0.29) is 18.6 Å². The van der Waals surface area contributed by atoms with Crippen LogP contribution in [0.2, 0.25) is 0 Å². The van der Waals surface area contributed by atoms with E-state index in [4.69, 9.17) is 10.2 Å². The van der Waals surface area contributed by atoms with E-state index in [0.717, 1.165) is 25.7 Å². The minimum absolute atomic E-state index is 0.0833. The van der Waals surface area contributed by atoms with Crippen molar-refractivity contribution in [2.45, 2.75) is 78.2 Å². The Kier molecular flexibility index (Phi) is 18.9. The Bertz CT molecular complexity index is 130. The summed E-state index contributed by atoms with van der Waals surface area (Å²) in [5, 5.41) is 26.5. The minimum atomic E-state index is -0.306. The molecule has 3 heteroatoms. The molecule has 18 heavy (non-hydrogen) atoms. The highest BCUT2D eigenvalue weighted by Crippen LogP contribution is 2.12. The van der Waals surface area contributed by atoms with Crippen molar-refractivity contribution in [1.82, 2.24) is 0 Å². The molecule has 2 atom stereocenters. The zero-order valence-electron chi connectivity index (χ0n) is 12.6. The fourth-order valence-corrected chi connectivity index (χ4v) is 1.77. The number of hydrogen-bond donors (Lipinski definition) is 3. The van der Waals surface area contributed by atoms with E-state index in [1.54, 1.807) is 0 Å². The summed E-state index contributed by atoms with van der Waals surface area (Å²) in [6.45, 7) is 6.69. The van der Waals surface area contributed by atoms with Crippen LogP contribution >= 0.6 is 0 Å². The van der Waals surface area contributed by atoms with Gasteiger partial charge in [0.2, 0.25) is 0 Å². The van der Waals surface area contributed by atoms with Gasteiger partial charge < -0.3 is 15.3 Å². The van der Waals surface area contributed by atoms with Gasteiger partial charge in [-0.05, 0) is 19.3 Å². The Morgan fingerprint density at radius 1 is 0.833 bits per heavy atom. The van der Waals surface area contributed by atoms with Crippen LogP contribution in [-0.2, 0) is 0 Å². The first-order valence-corrected chi connectivity index (χ1v) is 7.57. The Hall–Kier alpha value is -0.120. The van der Waals surface area contributed by atoms with E-state index >= 15 is 0 Å². The largest absolute Gasteiger partial charge is 0.396 e. The zero-order valence-corrected chi connectivity index (χ0v) is 12.6. The molecule has 0 aliphatic rings. The third-order valence-electron chi connectivity index (χ3n) is 3.15. The lowest BCUT2D eigenvalue weighted by atomic mass is 9.97. The standard InChI is InChI=1S/C8H18O2.C7H16O/c1-3-5-8(10)7(4-2)6-9;1-2-3-4-5-6-7-8/h7-10H,3-6H2,1-2H3;8H,2-7H2,1H3. The molecule has 0 bridgehead atoms. The molecule has 0 aromatic heterocycles. The number of aliphatic hydroxyl groups excluding tert-OH is 3. The molecule has 3 nitrogen and oxygen atoms in total. The van der Waals surface area contributed by atoms with Crippen molar-refractivity contribution in [2.24, 2.45) is 5.92 Å². The molecular formula is C15H34O3. The van der Waals surface area contributed by atoms with Crippen LogP contribution < -0.4 is 0 Å². The molecule has 0 rings (SSSR count). The van der Waals surface area contributed by atoms with Crippen LogP contribution in [0.5, 0.6) is 0 Å². The van der Waals surface area contributed by atoms with Crippen molar-refractivity contribution < 1.29 is 15.3 Å². The number of rotatable bonds is 10. The molecule has 0 heterocycles. The lowest BCUT2D eigenvalue weighted by Crippen LogP contribution is -2.22. The topological polar surface area (TPSA) is 60.7 Å². The molecular weight excluding hydrogens is 228 g/mol. The highest BCUT2D eigenvalue weighted by Gasteiger charge is 2.14. The molecule has 0 spiro atoms. The molecule has 0 aliphatic carbocycles. The highest BCUT2D eigenvalue weighted by molar-refractivity contribution is 4.65. The van der Waals surface area contributed by atoms with Gasteiger partial charge in [0.25, 0.3) is 0 Å². The van der Waals surface area contributed by atoms with Gasteiger partial charge in [0.1, 0.15) is 0 Å². The second-order valence-corrected chi connectivity index (χ2v) is 4.84. The van der Waals surface area contributed by atoms with Crippen LogP contribution in [0.15, 0.2) is 0 Å². The van der Waals surface area contributed by atoms with Crippen molar-refractivity contribution in [3.8, 4) is 0 Å². The maximum Gasteiger partial charge on any atom is 0.0590 e. The average Bonchev–Trinajstić information content (AvgIpc) is 2.37. The molecule has 0 fully saturated rings. The summed E-state index contributed by atoms with van der Waals surface area (Å²) in [5.41, 5.74) is 0. The van der Waals surface area contributed by atoms with Gasteiger partial charge in [-0.25, -0.2) is 0 Å². The van der Waals surface area contributed by atoms with Crippen LogP contribution in [0, 0.1) is 5.92 Å². The van der Waals surface area contributed by atoms with Crippen LogP contribution in [-0.4, -0.2) is 34.6 Å². The maximum absolute atomic E-state index is 9.35. The third-order valence-corrected chi connectivity index (χ3v) is 3.15. The lowest BCUT2D eigenvalue weighted by molar-refractivity contribution is 0.0584. The highest BCUT2D eigenvalue weighted by atomic mass is 16.3. The smallest absolute Gasteiger partial charge is 0.0590 e. The summed E-state index contributed by atoms with van der Waals surface area (Å²) in [7, 11) is 0. The third kappa shape index (κ3) is 13.9. The second-order valence-electron chi connectivity index (χ2n) is 4.84. The second kappa shape index (κ2) is 16.9. The minimum Gasteiger partial charge on any atom is -0.396 e. The van der Waals surface area contributed by atoms with Crippen molar-refractivity contribution in [2.75, 3.05) is 13.2 Å². The van der Waals surface area contributed by atoms with E-state index in [1.165, 1.54) is 25.7 Å². The number of unbranched alkanes of at least 4 members (excludes halogenated alkanes) is 4. The monoisotopic (exact) mass is 262 g/mol. The summed E-state index contributed by atoms with van der Waals surface area (Å²) in [6, 6.07) is 0. The Labute approximate surface area is 113 Å². The summed E-state index contributed by atoms with van der Waals surface area (Å²) >= 11 is 0. The van der Waals surface area contributed by atoms with Gasteiger partial charge in [-0.15, -0.1) is 0 Å². The summed E-state index contributed by atoms with van der Waals surface area (Å²) in [6.07, 6.45) is 8.42. The molecule has 0 amide bonds. The fraction of sp³-hybridized carbons (Fsp3) is 1.00.